The average Bonchev–Trinajstić information content (AvgIpc) is 2.79. The van der Waals surface area contributed by atoms with Gasteiger partial charge in [0.1, 0.15) is 0 Å². The van der Waals surface area contributed by atoms with Crippen LogP contribution in [0, 0.1) is 17.0 Å². The van der Waals surface area contributed by atoms with Gasteiger partial charge in [0.05, 0.1) is 15.9 Å². The molecule has 1 aliphatic rings. The number of aryl methyl sites for hydroxylation is 1. The minimum absolute atomic E-state index is 0.0507. The molecule has 0 fully saturated rings. The summed E-state index contributed by atoms with van der Waals surface area (Å²) < 4.78 is 27.6. The fourth-order valence-corrected chi connectivity index (χ4v) is 4.94. The second-order valence-electron chi connectivity index (χ2n) is 7.29. The first-order valence-corrected chi connectivity index (χ1v) is 11.1. The van der Waals surface area contributed by atoms with Gasteiger partial charge in [0.15, 0.2) is 0 Å². The van der Waals surface area contributed by atoms with Crippen molar-refractivity contribution in [2.24, 2.45) is 0 Å². The SMILES string of the molecule is Cc1ccc(S(=O)(=O)N2C(=O)NC(c3ccccc3)=CC2c2cccc([N+](=O)[O-])c2)cc1. The summed E-state index contributed by atoms with van der Waals surface area (Å²) in [7, 11) is -4.26. The first-order valence-electron chi connectivity index (χ1n) is 9.71. The van der Waals surface area contributed by atoms with Crippen LogP contribution in [0.4, 0.5) is 10.5 Å². The molecule has 162 valence electrons. The minimum Gasteiger partial charge on any atom is -0.307 e. The van der Waals surface area contributed by atoms with E-state index in [2.05, 4.69) is 5.32 Å². The third-order valence-electron chi connectivity index (χ3n) is 5.10. The Morgan fingerprint density at radius 1 is 0.969 bits per heavy atom. The number of nitrogens with zero attached hydrogens (tertiary/aromatic N) is 2. The average molecular weight is 449 g/mol. The first-order chi connectivity index (χ1) is 15.3. The highest BCUT2D eigenvalue weighted by Crippen LogP contribution is 2.35. The lowest BCUT2D eigenvalue weighted by Gasteiger charge is -2.34. The smallest absolute Gasteiger partial charge is 0.307 e. The Balaban J connectivity index is 1.89. The van der Waals surface area contributed by atoms with Gasteiger partial charge in [0.25, 0.3) is 15.7 Å². The quantitative estimate of drug-likeness (QED) is 0.459. The summed E-state index contributed by atoms with van der Waals surface area (Å²) in [5.41, 5.74) is 2.08. The number of hydrogen-bond donors (Lipinski definition) is 1. The van der Waals surface area contributed by atoms with Crippen molar-refractivity contribution >= 4 is 27.4 Å². The monoisotopic (exact) mass is 449 g/mol. The van der Waals surface area contributed by atoms with Crippen molar-refractivity contribution in [3.05, 3.63) is 112 Å². The largest absolute Gasteiger partial charge is 0.336 e. The number of benzene rings is 3. The molecule has 0 aliphatic carbocycles. The molecule has 0 spiro atoms. The van der Waals surface area contributed by atoms with Crippen LogP contribution in [0.25, 0.3) is 5.70 Å². The lowest BCUT2D eigenvalue weighted by atomic mass is 10.0. The van der Waals surface area contributed by atoms with E-state index in [1.54, 1.807) is 48.5 Å². The van der Waals surface area contributed by atoms with E-state index in [4.69, 9.17) is 0 Å². The molecule has 0 bridgehead atoms. The molecule has 3 aromatic rings. The van der Waals surface area contributed by atoms with Crippen LogP contribution in [0.15, 0.2) is 89.8 Å². The normalized spacial score (nSPS) is 16.3. The van der Waals surface area contributed by atoms with Crippen molar-refractivity contribution in [3.8, 4) is 0 Å². The number of urea groups is 1. The number of rotatable bonds is 5. The van der Waals surface area contributed by atoms with Crippen LogP contribution in [-0.4, -0.2) is 23.7 Å². The van der Waals surface area contributed by atoms with Crippen molar-refractivity contribution < 1.29 is 18.1 Å². The van der Waals surface area contributed by atoms with Gasteiger partial charge < -0.3 is 5.32 Å². The molecule has 0 aromatic heterocycles. The Morgan fingerprint density at radius 2 is 1.66 bits per heavy atom. The molecule has 32 heavy (non-hydrogen) atoms. The van der Waals surface area contributed by atoms with Crippen molar-refractivity contribution in [2.45, 2.75) is 17.9 Å². The van der Waals surface area contributed by atoms with Crippen molar-refractivity contribution in [2.75, 3.05) is 0 Å². The zero-order valence-electron chi connectivity index (χ0n) is 17.0. The summed E-state index contributed by atoms with van der Waals surface area (Å²) in [5.74, 6) is 0. The van der Waals surface area contributed by atoms with Crippen molar-refractivity contribution in [3.63, 3.8) is 0 Å². The van der Waals surface area contributed by atoms with Crippen LogP contribution >= 0.6 is 0 Å². The second-order valence-corrected chi connectivity index (χ2v) is 9.10. The molecule has 0 radical (unpaired) electrons. The molecule has 4 rings (SSSR count). The van der Waals surface area contributed by atoms with Gasteiger partial charge in [-0.15, -0.1) is 0 Å². The van der Waals surface area contributed by atoms with E-state index < -0.39 is 27.0 Å². The van der Waals surface area contributed by atoms with Crippen LogP contribution in [0.1, 0.15) is 22.7 Å². The number of sulfonamides is 1. The maximum Gasteiger partial charge on any atom is 0.336 e. The van der Waals surface area contributed by atoms with Crippen molar-refractivity contribution in [1.29, 1.82) is 0 Å². The van der Waals surface area contributed by atoms with Gasteiger partial charge >= 0.3 is 6.03 Å². The maximum absolute atomic E-state index is 13.5. The van der Waals surface area contributed by atoms with E-state index in [0.29, 0.717) is 16.8 Å². The Hall–Kier alpha value is -3.98. The molecular weight excluding hydrogens is 430 g/mol. The van der Waals surface area contributed by atoms with Crippen LogP contribution in [0.2, 0.25) is 0 Å². The number of nitro groups is 1. The number of non-ortho nitro benzene ring substituents is 1. The maximum atomic E-state index is 13.5. The molecule has 1 heterocycles. The summed E-state index contributed by atoms with van der Waals surface area (Å²) in [6.07, 6.45) is 1.58. The summed E-state index contributed by atoms with van der Waals surface area (Å²) in [4.78, 5) is 23.8. The standard InChI is InChI=1S/C23H19N3O5S/c1-16-10-12-20(13-11-16)32(30,31)25-22(18-8-5-9-19(14-18)26(28)29)15-21(24-23(25)27)17-6-3-2-4-7-17/h2-15,22H,1H3,(H,24,27). The first kappa shape index (κ1) is 21.3. The third kappa shape index (κ3) is 3.97. The van der Waals surface area contributed by atoms with Gasteiger partial charge in [-0.2, -0.15) is 0 Å². The van der Waals surface area contributed by atoms with E-state index in [0.717, 1.165) is 9.87 Å². The van der Waals surface area contributed by atoms with E-state index in [-0.39, 0.29) is 10.6 Å². The molecule has 8 nitrogen and oxygen atoms in total. The van der Waals surface area contributed by atoms with Crippen LogP contribution in [0.3, 0.4) is 0 Å². The van der Waals surface area contributed by atoms with Crippen LogP contribution in [0.5, 0.6) is 0 Å². The number of hydrogen-bond acceptors (Lipinski definition) is 5. The van der Waals surface area contributed by atoms with E-state index in [1.807, 2.05) is 13.0 Å². The predicted octanol–water partition coefficient (Wildman–Crippen LogP) is 4.40. The topological polar surface area (TPSA) is 110 Å². The van der Waals surface area contributed by atoms with Gasteiger partial charge in [-0.1, -0.05) is 60.2 Å². The molecule has 9 heteroatoms. The number of amides is 2. The number of nitrogens with one attached hydrogen (secondary N) is 1. The summed E-state index contributed by atoms with van der Waals surface area (Å²) in [5, 5.41) is 13.9. The second kappa shape index (κ2) is 8.27. The fourth-order valence-electron chi connectivity index (χ4n) is 3.49. The summed E-state index contributed by atoms with van der Waals surface area (Å²) in [6, 6.07) is 18.8. The number of nitro benzene ring substituents is 1. The lowest BCUT2D eigenvalue weighted by Crippen LogP contribution is -2.47. The fraction of sp³-hybridized carbons (Fsp3) is 0.0870. The van der Waals surface area contributed by atoms with Gasteiger partial charge in [-0.05, 0) is 36.3 Å². The van der Waals surface area contributed by atoms with Gasteiger partial charge in [-0.3, -0.25) is 10.1 Å². The summed E-state index contributed by atoms with van der Waals surface area (Å²) >= 11 is 0. The Kier molecular flexibility index (Phi) is 5.50. The zero-order chi connectivity index (χ0) is 22.9. The molecule has 0 saturated carbocycles. The lowest BCUT2D eigenvalue weighted by molar-refractivity contribution is -0.384. The highest BCUT2D eigenvalue weighted by molar-refractivity contribution is 7.89. The van der Waals surface area contributed by atoms with Crippen LogP contribution in [-0.2, 0) is 10.0 Å². The van der Waals surface area contributed by atoms with E-state index >= 15 is 0 Å². The molecule has 1 atom stereocenters. The van der Waals surface area contributed by atoms with Crippen molar-refractivity contribution in [1.82, 2.24) is 9.62 Å². The molecule has 3 aromatic carbocycles. The molecule has 2 amide bonds. The Morgan fingerprint density at radius 3 is 2.31 bits per heavy atom. The van der Waals surface area contributed by atoms with E-state index in [9.17, 15) is 23.3 Å². The predicted molar refractivity (Wildman–Crippen MR) is 119 cm³/mol. The summed E-state index contributed by atoms with van der Waals surface area (Å²) in [6.45, 7) is 1.82. The van der Waals surface area contributed by atoms with Crippen LogP contribution < -0.4 is 5.32 Å². The third-order valence-corrected chi connectivity index (χ3v) is 6.88. The zero-order valence-corrected chi connectivity index (χ0v) is 17.8. The minimum atomic E-state index is -4.26. The van der Waals surface area contributed by atoms with Gasteiger partial charge in [0.2, 0.25) is 0 Å². The molecule has 1 unspecified atom stereocenters. The molecule has 0 saturated heterocycles. The highest BCUT2D eigenvalue weighted by atomic mass is 32.2. The molecule has 1 N–H and O–H groups in total. The Bertz CT molecular complexity index is 1320. The molecular formula is C23H19N3O5S. The Labute approximate surface area is 185 Å². The number of carbonyl (C=O) groups excluding carboxylic acids is 1. The van der Waals surface area contributed by atoms with Gasteiger partial charge in [-0.25, -0.2) is 17.5 Å². The number of carbonyl (C=O) groups is 1. The molecule has 1 aliphatic heterocycles. The highest BCUT2D eigenvalue weighted by Gasteiger charge is 2.39. The van der Waals surface area contributed by atoms with E-state index in [1.165, 1.54) is 30.3 Å². The van der Waals surface area contributed by atoms with Gasteiger partial charge in [0, 0.05) is 17.8 Å².